The highest BCUT2D eigenvalue weighted by Crippen LogP contribution is 2.37. The normalized spacial score (nSPS) is 18.5. The standard InChI is InChI=1S/C15H21F2NS/c1-19-15(7-3-2-4-8-15)11-18-10-12-9-13(16)5-6-14(12)17/h5-6,9,18H,2-4,7-8,10-11H2,1H3. The number of rotatable bonds is 5. The Kier molecular flexibility index (Phi) is 5.22. The van der Waals surface area contributed by atoms with Gasteiger partial charge in [-0.15, -0.1) is 0 Å². The molecule has 0 radical (unpaired) electrons. The van der Waals surface area contributed by atoms with Gasteiger partial charge in [0.2, 0.25) is 0 Å². The van der Waals surface area contributed by atoms with Gasteiger partial charge in [-0.25, -0.2) is 8.78 Å². The average Bonchev–Trinajstić information content (AvgIpc) is 2.44. The zero-order valence-electron chi connectivity index (χ0n) is 11.3. The van der Waals surface area contributed by atoms with Gasteiger partial charge in [0.05, 0.1) is 0 Å². The minimum Gasteiger partial charge on any atom is -0.311 e. The summed E-state index contributed by atoms with van der Waals surface area (Å²) in [4.78, 5) is 0. The van der Waals surface area contributed by atoms with Gasteiger partial charge in [-0.1, -0.05) is 19.3 Å². The van der Waals surface area contributed by atoms with Crippen LogP contribution in [-0.2, 0) is 6.54 Å². The molecule has 0 heterocycles. The van der Waals surface area contributed by atoms with Crippen LogP contribution in [0, 0.1) is 11.6 Å². The molecule has 0 spiro atoms. The Morgan fingerprint density at radius 3 is 2.63 bits per heavy atom. The molecule has 1 aliphatic carbocycles. The van der Waals surface area contributed by atoms with Crippen LogP contribution in [0.3, 0.4) is 0 Å². The van der Waals surface area contributed by atoms with Gasteiger partial charge in [-0.05, 0) is 37.3 Å². The van der Waals surface area contributed by atoms with Gasteiger partial charge >= 0.3 is 0 Å². The molecular weight excluding hydrogens is 264 g/mol. The van der Waals surface area contributed by atoms with E-state index < -0.39 is 0 Å². The van der Waals surface area contributed by atoms with E-state index in [9.17, 15) is 8.78 Å². The number of thioether (sulfide) groups is 1. The summed E-state index contributed by atoms with van der Waals surface area (Å²) in [6.07, 6.45) is 8.45. The smallest absolute Gasteiger partial charge is 0.127 e. The highest BCUT2D eigenvalue weighted by atomic mass is 32.2. The van der Waals surface area contributed by atoms with Crippen LogP contribution in [-0.4, -0.2) is 17.5 Å². The van der Waals surface area contributed by atoms with E-state index in [0.29, 0.717) is 12.1 Å². The van der Waals surface area contributed by atoms with Crippen molar-refractivity contribution in [2.24, 2.45) is 0 Å². The van der Waals surface area contributed by atoms with Crippen molar-refractivity contribution >= 4 is 11.8 Å². The Balaban J connectivity index is 1.90. The number of halogens is 2. The summed E-state index contributed by atoms with van der Waals surface area (Å²) in [6.45, 7) is 1.26. The highest BCUT2D eigenvalue weighted by Gasteiger charge is 2.30. The number of hydrogen-bond donors (Lipinski definition) is 1. The summed E-state index contributed by atoms with van der Waals surface area (Å²) in [7, 11) is 0. The third-order valence-corrected chi connectivity index (χ3v) is 5.39. The van der Waals surface area contributed by atoms with Crippen LogP contribution in [0.25, 0.3) is 0 Å². The summed E-state index contributed by atoms with van der Waals surface area (Å²) < 4.78 is 26.9. The lowest BCUT2D eigenvalue weighted by Gasteiger charge is -2.36. The van der Waals surface area contributed by atoms with E-state index in [2.05, 4.69) is 11.6 Å². The molecule has 0 saturated heterocycles. The molecule has 1 aliphatic rings. The van der Waals surface area contributed by atoms with Crippen LogP contribution in [0.5, 0.6) is 0 Å². The summed E-state index contributed by atoms with van der Waals surface area (Å²) in [6, 6.07) is 3.62. The molecule has 1 fully saturated rings. The topological polar surface area (TPSA) is 12.0 Å². The molecule has 1 nitrogen and oxygen atoms in total. The second-order valence-corrected chi connectivity index (χ2v) is 6.56. The fraction of sp³-hybridized carbons (Fsp3) is 0.600. The molecule has 0 atom stereocenters. The fourth-order valence-electron chi connectivity index (χ4n) is 2.75. The molecule has 0 bridgehead atoms. The van der Waals surface area contributed by atoms with Crippen molar-refractivity contribution in [2.45, 2.75) is 43.4 Å². The van der Waals surface area contributed by atoms with E-state index in [1.807, 2.05) is 11.8 Å². The molecule has 1 aromatic rings. The third-order valence-electron chi connectivity index (χ3n) is 3.97. The fourth-order valence-corrected chi connectivity index (χ4v) is 3.70. The maximum atomic E-state index is 13.5. The lowest BCUT2D eigenvalue weighted by atomic mass is 9.88. The van der Waals surface area contributed by atoms with Crippen molar-refractivity contribution in [1.29, 1.82) is 0 Å². The van der Waals surface area contributed by atoms with Crippen molar-refractivity contribution < 1.29 is 8.78 Å². The van der Waals surface area contributed by atoms with E-state index >= 15 is 0 Å². The van der Waals surface area contributed by atoms with Crippen molar-refractivity contribution in [3.63, 3.8) is 0 Å². The Morgan fingerprint density at radius 2 is 1.95 bits per heavy atom. The maximum absolute atomic E-state index is 13.5. The largest absolute Gasteiger partial charge is 0.311 e. The van der Waals surface area contributed by atoms with E-state index in [0.717, 1.165) is 12.6 Å². The zero-order chi connectivity index (χ0) is 13.7. The Hall–Kier alpha value is -0.610. The van der Waals surface area contributed by atoms with Crippen molar-refractivity contribution in [3.05, 3.63) is 35.4 Å². The summed E-state index contributed by atoms with van der Waals surface area (Å²) in [5, 5.41) is 3.30. The van der Waals surface area contributed by atoms with Gasteiger partial charge in [0.15, 0.2) is 0 Å². The van der Waals surface area contributed by atoms with Gasteiger partial charge < -0.3 is 5.32 Å². The van der Waals surface area contributed by atoms with Crippen LogP contribution < -0.4 is 5.32 Å². The van der Waals surface area contributed by atoms with Crippen molar-refractivity contribution in [3.8, 4) is 0 Å². The molecule has 2 rings (SSSR count). The molecule has 0 amide bonds. The quantitative estimate of drug-likeness (QED) is 0.873. The zero-order valence-corrected chi connectivity index (χ0v) is 12.2. The van der Waals surface area contributed by atoms with E-state index in [1.165, 1.54) is 44.2 Å². The van der Waals surface area contributed by atoms with Gasteiger partial charge in [-0.3, -0.25) is 0 Å². The number of hydrogen-bond acceptors (Lipinski definition) is 2. The number of benzene rings is 1. The first-order chi connectivity index (χ1) is 9.15. The van der Waals surface area contributed by atoms with E-state index in [-0.39, 0.29) is 16.4 Å². The Morgan fingerprint density at radius 1 is 1.21 bits per heavy atom. The van der Waals surface area contributed by atoms with Crippen molar-refractivity contribution in [1.82, 2.24) is 5.32 Å². The average molecular weight is 285 g/mol. The predicted octanol–water partition coefficient (Wildman–Crippen LogP) is 4.12. The molecule has 1 saturated carbocycles. The van der Waals surface area contributed by atoms with Gasteiger partial charge in [0.1, 0.15) is 11.6 Å². The van der Waals surface area contributed by atoms with Crippen molar-refractivity contribution in [2.75, 3.05) is 12.8 Å². The predicted molar refractivity (Wildman–Crippen MR) is 77.4 cm³/mol. The summed E-state index contributed by atoms with van der Waals surface area (Å²) in [5.74, 6) is -0.716. The SMILES string of the molecule is CSC1(CNCc2cc(F)ccc2F)CCCCC1. The summed E-state index contributed by atoms with van der Waals surface area (Å²) in [5.41, 5.74) is 0.409. The van der Waals surface area contributed by atoms with Gasteiger partial charge in [0.25, 0.3) is 0 Å². The number of nitrogens with one attached hydrogen (secondary N) is 1. The lowest BCUT2D eigenvalue weighted by Crippen LogP contribution is -2.39. The molecule has 106 valence electrons. The van der Waals surface area contributed by atoms with Crippen LogP contribution in [0.4, 0.5) is 8.78 Å². The van der Waals surface area contributed by atoms with Crippen LogP contribution >= 0.6 is 11.8 Å². The molecular formula is C15H21F2NS. The third kappa shape index (κ3) is 3.93. The maximum Gasteiger partial charge on any atom is 0.127 e. The molecule has 19 heavy (non-hydrogen) atoms. The van der Waals surface area contributed by atoms with E-state index in [1.54, 1.807) is 0 Å². The Labute approximate surface area is 118 Å². The van der Waals surface area contributed by atoms with E-state index in [4.69, 9.17) is 0 Å². The monoisotopic (exact) mass is 285 g/mol. The van der Waals surface area contributed by atoms with Crippen LogP contribution in [0.1, 0.15) is 37.7 Å². The minimum atomic E-state index is -0.379. The molecule has 0 aliphatic heterocycles. The molecule has 0 unspecified atom stereocenters. The first kappa shape index (κ1) is 14.8. The van der Waals surface area contributed by atoms with Gasteiger partial charge in [0, 0.05) is 23.4 Å². The lowest BCUT2D eigenvalue weighted by molar-refractivity contribution is 0.378. The minimum absolute atomic E-state index is 0.280. The second-order valence-electron chi connectivity index (χ2n) is 5.29. The Bertz CT molecular complexity index is 417. The first-order valence-electron chi connectivity index (χ1n) is 6.85. The summed E-state index contributed by atoms with van der Waals surface area (Å²) >= 11 is 1.91. The first-order valence-corrected chi connectivity index (χ1v) is 8.07. The molecule has 1 N–H and O–H groups in total. The molecule has 4 heteroatoms. The highest BCUT2D eigenvalue weighted by molar-refractivity contribution is 8.00. The molecule has 1 aromatic carbocycles. The second kappa shape index (κ2) is 6.71. The van der Waals surface area contributed by atoms with Crippen LogP contribution in [0.2, 0.25) is 0 Å². The van der Waals surface area contributed by atoms with Crippen LogP contribution in [0.15, 0.2) is 18.2 Å². The molecule has 0 aromatic heterocycles. The van der Waals surface area contributed by atoms with Gasteiger partial charge in [-0.2, -0.15) is 11.8 Å².